The number of carboxylic acids is 1. The average molecular weight is 601 g/mol. The van der Waals surface area contributed by atoms with Crippen LogP contribution in [0.25, 0.3) is 0 Å². The molecule has 3 heterocycles. The average Bonchev–Trinajstić information content (AvgIpc) is 3.36. The standard InChI is InChI=1S/C20H28N10O8S2/c21-5-1-2-6-23-7-11-8-24-29(27-11)9-13-15(17(32)30(13)40(35,36)37)26-16(31)14(12-10-39-19(22)25-12)28-38-20(3-4-20)18(33)34/h8,10,13,15,23H,1-7,9,21H2,(H2,22,25)(H,26,31)(H,33,34)(H,35,36,37)/t13-,15-/m0/s1. The normalized spacial score (nSPS) is 20.2. The summed E-state index contributed by atoms with van der Waals surface area (Å²) in [4.78, 5) is 47.5. The first kappa shape index (κ1) is 29.3. The van der Waals surface area contributed by atoms with Gasteiger partial charge < -0.3 is 32.0 Å². The lowest BCUT2D eigenvalue weighted by molar-refractivity contribution is -0.153. The summed E-state index contributed by atoms with van der Waals surface area (Å²) in [5.41, 5.74) is 9.56. The van der Waals surface area contributed by atoms with Gasteiger partial charge in [0.15, 0.2) is 10.8 Å². The maximum atomic E-state index is 13.2. The summed E-state index contributed by atoms with van der Waals surface area (Å²) in [7, 11) is -4.98. The highest BCUT2D eigenvalue weighted by Gasteiger charge is 2.56. The van der Waals surface area contributed by atoms with Crippen LogP contribution in [0.2, 0.25) is 0 Å². The first-order chi connectivity index (χ1) is 18.9. The number of hydrogen-bond acceptors (Lipinski definition) is 14. The fourth-order valence-electron chi connectivity index (χ4n) is 3.82. The molecule has 1 saturated carbocycles. The van der Waals surface area contributed by atoms with E-state index < -0.39 is 51.5 Å². The number of aliphatic carboxylic acids is 1. The first-order valence-corrected chi connectivity index (χ1v) is 14.3. The Kier molecular flexibility index (Phi) is 8.63. The summed E-state index contributed by atoms with van der Waals surface area (Å²) in [5, 5.41) is 28.3. The summed E-state index contributed by atoms with van der Waals surface area (Å²) in [5.74, 6) is -3.39. The monoisotopic (exact) mass is 600 g/mol. The SMILES string of the molecule is NCCCCNCc1cnn(C[C@H]2[C@H](NC(=O)C(=NOC3(C(=O)O)CC3)c3csc(N)n3)C(=O)N2S(=O)(=O)O)n1. The molecule has 8 N–H and O–H groups in total. The van der Waals surface area contributed by atoms with Crippen LogP contribution in [-0.4, -0.2) is 96.6 Å². The molecule has 2 amide bonds. The van der Waals surface area contributed by atoms with Gasteiger partial charge in [-0.25, -0.2) is 14.1 Å². The Morgan fingerprint density at radius 2 is 2.08 bits per heavy atom. The van der Waals surface area contributed by atoms with E-state index in [1.807, 2.05) is 0 Å². The second kappa shape index (κ2) is 11.8. The molecule has 40 heavy (non-hydrogen) atoms. The molecular formula is C20H28N10O8S2. The number of nitrogens with two attached hydrogens (primary N) is 2. The summed E-state index contributed by atoms with van der Waals surface area (Å²) < 4.78 is 33.6. The van der Waals surface area contributed by atoms with E-state index in [1.165, 1.54) is 11.6 Å². The van der Waals surface area contributed by atoms with Gasteiger partial charge in [-0.3, -0.25) is 14.1 Å². The van der Waals surface area contributed by atoms with Crippen molar-refractivity contribution in [1.82, 2.24) is 34.9 Å². The number of thiazole rings is 1. The fraction of sp³-hybridized carbons (Fsp3) is 0.550. The third-order valence-electron chi connectivity index (χ3n) is 6.14. The lowest BCUT2D eigenvalue weighted by Crippen LogP contribution is -2.73. The second-order valence-electron chi connectivity index (χ2n) is 9.10. The van der Waals surface area contributed by atoms with Gasteiger partial charge in [0.25, 0.3) is 11.8 Å². The molecule has 2 fully saturated rings. The summed E-state index contributed by atoms with van der Waals surface area (Å²) in [6, 6.07) is -2.73. The quantitative estimate of drug-likeness (QED) is 0.0412. The second-order valence-corrected chi connectivity index (χ2v) is 11.3. The van der Waals surface area contributed by atoms with Crippen molar-refractivity contribution in [3.63, 3.8) is 0 Å². The van der Waals surface area contributed by atoms with Crippen molar-refractivity contribution in [2.24, 2.45) is 10.9 Å². The van der Waals surface area contributed by atoms with E-state index in [2.05, 4.69) is 31.0 Å². The van der Waals surface area contributed by atoms with Gasteiger partial charge in [0, 0.05) is 24.8 Å². The molecule has 0 bridgehead atoms. The number of amides is 2. The van der Waals surface area contributed by atoms with Crippen LogP contribution in [0.1, 0.15) is 37.1 Å². The van der Waals surface area contributed by atoms with E-state index in [4.69, 9.17) is 16.3 Å². The van der Waals surface area contributed by atoms with Crippen molar-refractivity contribution in [3.8, 4) is 0 Å². The van der Waals surface area contributed by atoms with Gasteiger partial charge in [0.2, 0.25) is 5.60 Å². The minimum Gasteiger partial charge on any atom is -0.478 e. The van der Waals surface area contributed by atoms with Crippen LogP contribution in [-0.2, 0) is 42.6 Å². The van der Waals surface area contributed by atoms with Crippen LogP contribution in [0.3, 0.4) is 0 Å². The van der Waals surface area contributed by atoms with Crippen molar-refractivity contribution >= 4 is 50.3 Å². The minimum atomic E-state index is -4.98. The Labute approximate surface area is 231 Å². The molecule has 1 aliphatic carbocycles. The van der Waals surface area contributed by atoms with Gasteiger partial charge in [-0.15, -0.1) is 11.3 Å². The van der Waals surface area contributed by atoms with Crippen LogP contribution >= 0.6 is 11.3 Å². The van der Waals surface area contributed by atoms with Gasteiger partial charge >= 0.3 is 16.3 Å². The summed E-state index contributed by atoms with van der Waals surface area (Å²) in [6.07, 6.45) is 3.54. The minimum absolute atomic E-state index is 0.0477. The van der Waals surface area contributed by atoms with Crippen LogP contribution < -0.4 is 22.1 Å². The lowest BCUT2D eigenvalue weighted by Gasteiger charge is -2.43. The van der Waals surface area contributed by atoms with Crippen molar-refractivity contribution in [1.29, 1.82) is 0 Å². The van der Waals surface area contributed by atoms with E-state index >= 15 is 0 Å². The zero-order valence-corrected chi connectivity index (χ0v) is 22.6. The Balaban J connectivity index is 1.49. The number of hydrogen-bond donors (Lipinski definition) is 6. The number of carbonyl (C=O) groups is 3. The summed E-state index contributed by atoms with van der Waals surface area (Å²) in [6.45, 7) is 1.38. The molecular weight excluding hydrogens is 572 g/mol. The topological polar surface area (TPSA) is 270 Å². The third kappa shape index (κ3) is 6.53. The number of anilines is 1. The molecule has 1 aliphatic heterocycles. The van der Waals surface area contributed by atoms with Gasteiger partial charge in [0.1, 0.15) is 17.8 Å². The molecule has 0 aromatic carbocycles. The van der Waals surface area contributed by atoms with E-state index in [0.29, 0.717) is 25.3 Å². The number of oxime groups is 1. The zero-order chi connectivity index (χ0) is 29.1. The molecule has 2 aromatic rings. The molecule has 1 saturated heterocycles. The van der Waals surface area contributed by atoms with E-state index in [1.54, 1.807) is 0 Å². The lowest BCUT2D eigenvalue weighted by atomic mass is 9.98. The van der Waals surface area contributed by atoms with Gasteiger partial charge in [-0.1, -0.05) is 5.16 Å². The highest BCUT2D eigenvalue weighted by Crippen LogP contribution is 2.40. The van der Waals surface area contributed by atoms with Crippen molar-refractivity contribution in [2.75, 3.05) is 18.8 Å². The number of rotatable bonds is 15. The van der Waals surface area contributed by atoms with Crippen LogP contribution in [0, 0.1) is 0 Å². The molecule has 2 aromatic heterocycles. The first-order valence-electron chi connectivity index (χ1n) is 12.1. The van der Waals surface area contributed by atoms with Crippen LogP contribution in [0.5, 0.6) is 0 Å². The van der Waals surface area contributed by atoms with E-state index in [0.717, 1.165) is 29.0 Å². The maximum absolute atomic E-state index is 13.2. The van der Waals surface area contributed by atoms with Gasteiger partial charge in [-0.05, 0) is 25.9 Å². The molecule has 2 aliphatic rings. The molecule has 20 heteroatoms. The fourth-order valence-corrected chi connectivity index (χ4v) is 5.24. The van der Waals surface area contributed by atoms with Gasteiger partial charge in [-0.2, -0.15) is 23.4 Å². The molecule has 0 unspecified atom stereocenters. The van der Waals surface area contributed by atoms with Crippen molar-refractivity contribution < 1.29 is 37.3 Å². The highest BCUT2D eigenvalue weighted by molar-refractivity contribution is 7.84. The molecule has 0 spiro atoms. The Morgan fingerprint density at radius 3 is 2.67 bits per heavy atom. The number of nitrogen functional groups attached to an aromatic ring is 1. The predicted octanol–water partition coefficient (Wildman–Crippen LogP) is -2.32. The Morgan fingerprint density at radius 1 is 1.32 bits per heavy atom. The number of unbranched alkanes of at least 4 members (excludes halogenated alkanes) is 1. The molecule has 2 atom stereocenters. The van der Waals surface area contributed by atoms with Crippen molar-refractivity contribution in [2.45, 2.75) is 56.5 Å². The number of nitrogens with zero attached hydrogens (tertiary/aromatic N) is 6. The van der Waals surface area contributed by atoms with Crippen LogP contribution in [0.4, 0.5) is 5.13 Å². The number of carbonyl (C=O) groups excluding carboxylic acids is 2. The number of nitrogens with one attached hydrogen (secondary N) is 2. The molecule has 218 valence electrons. The maximum Gasteiger partial charge on any atom is 0.362 e. The summed E-state index contributed by atoms with van der Waals surface area (Å²) >= 11 is 0.978. The Bertz CT molecular complexity index is 1400. The molecule has 0 radical (unpaired) electrons. The van der Waals surface area contributed by atoms with E-state index in [9.17, 15) is 32.5 Å². The smallest absolute Gasteiger partial charge is 0.362 e. The molecule has 4 rings (SSSR count). The third-order valence-corrected chi connectivity index (χ3v) is 7.76. The van der Waals surface area contributed by atoms with E-state index in [-0.39, 0.29) is 34.5 Å². The van der Waals surface area contributed by atoms with Gasteiger partial charge in [0.05, 0.1) is 18.4 Å². The highest BCUT2D eigenvalue weighted by atomic mass is 32.2. The Hall–Kier alpha value is -3.72. The molecule has 18 nitrogen and oxygen atoms in total. The predicted molar refractivity (Wildman–Crippen MR) is 138 cm³/mol. The van der Waals surface area contributed by atoms with Crippen molar-refractivity contribution in [3.05, 3.63) is 23.0 Å². The number of aromatic nitrogens is 4. The number of β-lactam (4-membered cyclic amide) rings is 1. The zero-order valence-electron chi connectivity index (χ0n) is 21.0. The largest absolute Gasteiger partial charge is 0.478 e. The number of carboxylic acid groups (broad SMARTS) is 1. The van der Waals surface area contributed by atoms with Crippen LogP contribution in [0.15, 0.2) is 16.7 Å².